The van der Waals surface area contributed by atoms with Gasteiger partial charge in [0.05, 0.1) is 0 Å². The third kappa shape index (κ3) is 6.23. The Labute approximate surface area is 137 Å². The maximum atomic E-state index is 11.4. The first kappa shape index (κ1) is 18.7. The van der Waals surface area contributed by atoms with Gasteiger partial charge in [-0.25, -0.2) is 0 Å². The molecule has 0 saturated carbocycles. The van der Waals surface area contributed by atoms with Crippen molar-refractivity contribution in [1.29, 1.82) is 0 Å². The molecule has 5 nitrogen and oxygen atoms in total. The second-order valence-electron chi connectivity index (χ2n) is 4.50. The summed E-state index contributed by atoms with van der Waals surface area (Å²) >= 11 is 0. The van der Waals surface area contributed by atoms with Gasteiger partial charge in [-0.1, -0.05) is 12.1 Å². The number of benzene rings is 1. The Kier molecular flexibility index (Phi) is 8.94. The summed E-state index contributed by atoms with van der Waals surface area (Å²) in [5.74, 6) is 0.696. The van der Waals surface area contributed by atoms with Gasteiger partial charge in [-0.05, 0) is 31.5 Å². The van der Waals surface area contributed by atoms with E-state index in [1.807, 2.05) is 24.3 Å². The lowest BCUT2D eigenvalue weighted by Gasteiger charge is -2.14. The van der Waals surface area contributed by atoms with Gasteiger partial charge >= 0.3 is 0 Å². The number of halogens is 1. The second-order valence-corrected chi connectivity index (χ2v) is 4.50. The molecule has 1 aromatic carbocycles. The van der Waals surface area contributed by atoms with Crippen LogP contribution in [0.25, 0.3) is 0 Å². The van der Waals surface area contributed by atoms with Crippen LogP contribution >= 0.6 is 24.0 Å². The molecular weight excluding hydrogens is 367 g/mol. The van der Waals surface area contributed by atoms with E-state index in [1.165, 1.54) is 0 Å². The Bertz CT molecular complexity index is 443. The molecule has 0 unspecified atom stereocenters. The Morgan fingerprint density at radius 1 is 1.25 bits per heavy atom. The molecule has 20 heavy (non-hydrogen) atoms. The fourth-order valence-electron chi connectivity index (χ4n) is 1.57. The van der Waals surface area contributed by atoms with Gasteiger partial charge in [-0.2, -0.15) is 0 Å². The minimum absolute atomic E-state index is 0. The van der Waals surface area contributed by atoms with Crippen molar-refractivity contribution >= 4 is 35.8 Å². The number of carbonyl (C=O) groups excluding carboxylic acids is 1. The Morgan fingerprint density at radius 3 is 2.30 bits per heavy atom. The summed E-state index contributed by atoms with van der Waals surface area (Å²) in [4.78, 5) is 15.5. The van der Waals surface area contributed by atoms with Gasteiger partial charge in [0.25, 0.3) is 5.91 Å². The third-order valence-electron chi connectivity index (χ3n) is 2.55. The van der Waals surface area contributed by atoms with E-state index in [4.69, 9.17) is 0 Å². The summed E-state index contributed by atoms with van der Waals surface area (Å²) in [5.41, 5.74) is 1.76. The van der Waals surface area contributed by atoms with Gasteiger partial charge in [0.15, 0.2) is 5.96 Å². The van der Waals surface area contributed by atoms with Crippen molar-refractivity contribution in [2.75, 3.05) is 14.1 Å². The van der Waals surface area contributed by atoms with Crippen LogP contribution in [0, 0.1) is 0 Å². The second kappa shape index (κ2) is 9.57. The fraction of sp³-hybridized carbons (Fsp3) is 0.429. The first-order valence-electron chi connectivity index (χ1n) is 6.35. The van der Waals surface area contributed by atoms with Crippen molar-refractivity contribution in [3.8, 4) is 0 Å². The molecule has 0 atom stereocenters. The van der Waals surface area contributed by atoms with E-state index in [0.717, 1.165) is 11.5 Å². The lowest BCUT2D eigenvalue weighted by Crippen LogP contribution is -2.40. The third-order valence-corrected chi connectivity index (χ3v) is 2.55. The largest absolute Gasteiger partial charge is 0.355 e. The van der Waals surface area contributed by atoms with Crippen LogP contribution in [0.4, 0.5) is 0 Å². The molecule has 0 bridgehead atoms. The smallest absolute Gasteiger partial charge is 0.251 e. The molecule has 0 spiro atoms. The predicted molar refractivity (Wildman–Crippen MR) is 93.7 cm³/mol. The number of rotatable bonds is 4. The maximum absolute atomic E-state index is 11.4. The molecule has 0 radical (unpaired) electrons. The van der Waals surface area contributed by atoms with Crippen LogP contribution in [-0.4, -0.2) is 32.0 Å². The lowest BCUT2D eigenvalue weighted by molar-refractivity contribution is 0.0963. The maximum Gasteiger partial charge on any atom is 0.251 e. The first-order chi connectivity index (χ1) is 9.06. The van der Waals surface area contributed by atoms with Crippen LogP contribution < -0.4 is 16.0 Å². The van der Waals surface area contributed by atoms with Crippen molar-refractivity contribution in [2.24, 2.45) is 4.99 Å². The highest BCUT2D eigenvalue weighted by Crippen LogP contribution is 2.04. The molecule has 1 rings (SSSR count). The average molecular weight is 390 g/mol. The topological polar surface area (TPSA) is 65.5 Å². The summed E-state index contributed by atoms with van der Waals surface area (Å²) < 4.78 is 0. The molecule has 6 heteroatoms. The minimum atomic E-state index is -0.0724. The van der Waals surface area contributed by atoms with Gasteiger partial charge in [0.2, 0.25) is 0 Å². The molecule has 1 amide bonds. The van der Waals surface area contributed by atoms with E-state index in [9.17, 15) is 4.79 Å². The van der Waals surface area contributed by atoms with Gasteiger partial charge < -0.3 is 16.0 Å². The number of nitrogens with one attached hydrogen (secondary N) is 3. The number of aliphatic imine (C=N–C) groups is 1. The Hall–Kier alpha value is -1.31. The molecule has 3 N–H and O–H groups in total. The highest BCUT2D eigenvalue weighted by molar-refractivity contribution is 14.0. The Morgan fingerprint density at radius 2 is 1.85 bits per heavy atom. The summed E-state index contributed by atoms with van der Waals surface area (Å²) in [7, 11) is 3.37. The summed E-state index contributed by atoms with van der Waals surface area (Å²) in [6, 6.07) is 7.82. The van der Waals surface area contributed by atoms with Crippen molar-refractivity contribution < 1.29 is 4.79 Å². The molecule has 0 aliphatic heterocycles. The van der Waals surface area contributed by atoms with Crippen LogP contribution in [0.15, 0.2) is 29.3 Å². The number of guanidine groups is 1. The van der Waals surface area contributed by atoms with Gasteiger partial charge in [0.1, 0.15) is 0 Å². The minimum Gasteiger partial charge on any atom is -0.355 e. The SMILES string of the molecule is CN=C(NCc1ccc(C(=O)NC)cc1)NC(C)C.I. The van der Waals surface area contributed by atoms with E-state index in [2.05, 4.69) is 34.8 Å². The number of carbonyl (C=O) groups is 1. The van der Waals surface area contributed by atoms with E-state index in [1.54, 1.807) is 14.1 Å². The van der Waals surface area contributed by atoms with Crippen LogP contribution in [0.5, 0.6) is 0 Å². The van der Waals surface area contributed by atoms with Crippen molar-refractivity contribution in [3.63, 3.8) is 0 Å². The Balaban J connectivity index is 0.00000361. The van der Waals surface area contributed by atoms with Gasteiger partial charge in [0, 0.05) is 32.2 Å². The number of hydrogen-bond donors (Lipinski definition) is 3. The molecule has 0 fully saturated rings. The predicted octanol–water partition coefficient (Wildman–Crippen LogP) is 1.74. The molecular formula is C14H23IN4O. The monoisotopic (exact) mass is 390 g/mol. The molecule has 112 valence electrons. The molecule has 0 saturated heterocycles. The molecule has 0 aliphatic rings. The highest BCUT2D eigenvalue weighted by atomic mass is 127. The normalized spacial score (nSPS) is 10.8. The molecule has 0 aliphatic carbocycles. The van der Waals surface area contributed by atoms with E-state index < -0.39 is 0 Å². The zero-order valence-corrected chi connectivity index (χ0v) is 14.7. The number of hydrogen-bond acceptors (Lipinski definition) is 2. The van der Waals surface area contributed by atoms with E-state index >= 15 is 0 Å². The van der Waals surface area contributed by atoms with Crippen molar-refractivity contribution in [3.05, 3.63) is 35.4 Å². The summed E-state index contributed by atoms with van der Waals surface area (Å²) in [6.45, 7) is 4.79. The summed E-state index contributed by atoms with van der Waals surface area (Å²) in [5, 5.41) is 9.03. The lowest BCUT2D eigenvalue weighted by atomic mass is 10.1. The van der Waals surface area contributed by atoms with Crippen molar-refractivity contribution in [1.82, 2.24) is 16.0 Å². The molecule has 0 heterocycles. The quantitative estimate of drug-likeness (QED) is 0.417. The molecule has 0 aromatic heterocycles. The average Bonchev–Trinajstić information content (AvgIpc) is 2.42. The van der Waals surface area contributed by atoms with E-state index in [0.29, 0.717) is 18.2 Å². The van der Waals surface area contributed by atoms with E-state index in [-0.39, 0.29) is 29.9 Å². The first-order valence-corrected chi connectivity index (χ1v) is 6.35. The molecule has 1 aromatic rings. The van der Waals surface area contributed by atoms with Crippen LogP contribution in [0.2, 0.25) is 0 Å². The zero-order chi connectivity index (χ0) is 14.3. The van der Waals surface area contributed by atoms with Gasteiger partial charge in [-0.3, -0.25) is 9.79 Å². The van der Waals surface area contributed by atoms with Crippen LogP contribution in [0.3, 0.4) is 0 Å². The zero-order valence-electron chi connectivity index (χ0n) is 12.4. The van der Waals surface area contributed by atoms with Crippen LogP contribution in [0.1, 0.15) is 29.8 Å². The van der Waals surface area contributed by atoms with Gasteiger partial charge in [-0.15, -0.1) is 24.0 Å². The standard InChI is InChI=1S/C14H22N4O.HI/c1-10(2)18-14(16-4)17-9-11-5-7-12(8-6-11)13(19)15-3;/h5-8,10H,9H2,1-4H3,(H,15,19)(H2,16,17,18);1H. The number of amides is 1. The van der Waals surface area contributed by atoms with Crippen molar-refractivity contribution in [2.45, 2.75) is 26.4 Å². The summed E-state index contributed by atoms with van der Waals surface area (Å²) in [6.07, 6.45) is 0. The van der Waals surface area contributed by atoms with Crippen LogP contribution in [-0.2, 0) is 6.54 Å². The fourth-order valence-corrected chi connectivity index (χ4v) is 1.57. The highest BCUT2D eigenvalue weighted by Gasteiger charge is 2.03. The number of nitrogens with zero attached hydrogens (tertiary/aromatic N) is 1.